The molecular formula is C18H16ClNO3. The van der Waals surface area contributed by atoms with Crippen LogP contribution in [0.4, 0.5) is 5.69 Å². The van der Waals surface area contributed by atoms with E-state index >= 15 is 0 Å². The number of methoxy groups -OCH3 is 1. The zero-order valence-electron chi connectivity index (χ0n) is 12.9. The van der Waals surface area contributed by atoms with Gasteiger partial charge in [0, 0.05) is 16.6 Å². The Hall–Kier alpha value is -2.46. The van der Waals surface area contributed by atoms with Crippen LogP contribution >= 0.6 is 11.6 Å². The molecule has 0 spiro atoms. The number of amides is 1. The number of halogens is 1. The maximum atomic E-state index is 12.2. The van der Waals surface area contributed by atoms with Crippen LogP contribution in [0.25, 0.3) is 11.0 Å². The molecule has 0 aliphatic rings. The lowest BCUT2D eigenvalue weighted by Gasteiger charge is -2.07. The number of ether oxygens (including phenoxy) is 1. The smallest absolute Gasteiger partial charge is 0.228 e. The van der Waals surface area contributed by atoms with Crippen molar-refractivity contribution in [1.29, 1.82) is 0 Å². The molecule has 0 fully saturated rings. The molecule has 0 aliphatic carbocycles. The summed E-state index contributed by atoms with van der Waals surface area (Å²) in [5.41, 5.74) is 3.40. The number of hydrogen-bond donors (Lipinski definition) is 1. The first-order valence-corrected chi connectivity index (χ1v) is 7.55. The van der Waals surface area contributed by atoms with Crippen molar-refractivity contribution in [3.8, 4) is 5.75 Å². The summed E-state index contributed by atoms with van der Waals surface area (Å²) >= 11 is 6.06. The number of nitrogens with one attached hydrogen (secondary N) is 1. The maximum Gasteiger partial charge on any atom is 0.228 e. The molecule has 0 bridgehead atoms. The third-order valence-corrected chi connectivity index (χ3v) is 3.89. The molecule has 0 aliphatic heterocycles. The Labute approximate surface area is 139 Å². The molecule has 23 heavy (non-hydrogen) atoms. The second-order valence-electron chi connectivity index (χ2n) is 5.33. The van der Waals surface area contributed by atoms with Crippen molar-refractivity contribution in [2.24, 2.45) is 0 Å². The maximum absolute atomic E-state index is 12.2. The molecule has 0 atom stereocenters. The minimum absolute atomic E-state index is 0.130. The number of rotatable bonds is 4. The number of benzene rings is 2. The summed E-state index contributed by atoms with van der Waals surface area (Å²) in [4.78, 5) is 12.2. The molecule has 2 aromatic carbocycles. The van der Waals surface area contributed by atoms with E-state index in [0.717, 1.165) is 22.1 Å². The lowest BCUT2D eigenvalue weighted by Crippen LogP contribution is -2.14. The molecule has 4 nitrogen and oxygen atoms in total. The van der Waals surface area contributed by atoms with E-state index in [9.17, 15) is 4.79 Å². The summed E-state index contributed by atoms with van der Waals surface area (Å²) in [7, 11) is 1.55. The zero-order chi connectivity index (χ0) is 16.4. The quantitative estimate of drug-likeness (QED) is 0.762. The lowest BCUT2D eigenvalue weighted by atomic mass is 10.1. The predicted molar refractivity (Wildman–Crippen MR) is 91.3 cm³/mol. The minimum atomic E-state index is -0.130. The Kier molecular flexibility index (Phi) is 4.26. The van der Waals surface area contributed by atoms with Crippen molar-refractivity contribution < 1.29 is 13.9 Å². The van der Waals surface area contributed by atoms with Crippen LogP contribution in [0, 0.1) is 6.92 Å². The number of anilines is 1. The first-order valence-electron chi connectivity index (χ1n) is 7.17. The number of aryl methyl sites for hydroxylation is 1. The highest BCUT2D eigenvalue weighted by Gasteiger charge is 2.11. The predicted octanol–water partition coefficient (Wildman–Crippen LogP) is 4.58. The van der Waals surface area contributed by atoms with E-state index in [1.807, 2.05) is 25.1 Å². The van der Waals surface area contributed by atoms with Gasteiger partial charge in [0.25, 0.3) is 0 Å². The molecule has 3 rings (SSSR count). The van der Waals surface area contributed by atoms with Crippen molar-refractivity contribution >= 4 is 34.2 Å². The summed E-state index contributed by atoms with van der Waals surface area (Å²) in [5, 5.41) is 4.24. The van der Waals surface area contributed by atoms with Gasteiger partial charge in [0.05, 0.1) is 24.8 Å². The highest BCUT2D eigenvalue weighted by atomic mass is 35.5. The van der Waals surface area contributed by atoms with Crippen LogP contribution in [-0.4, -0.2) is 13.0 Å². The van der Waals surface area contributed by atoms with Gasteiger partial charge in [-0.1, -0.05) is 23.7 Å². The van der Waals surface area contributed by atoms with Gasteiger partial charge in [-0.2, -0.15) is 0 Å². The number of carbonyl (C=O) groups excluding carboxylic acids is 1. The van der Waals surface area contributed by atoms with E-state index in [0.29, 0.717) is 16.5 Å². The standard InChI is InChI=1S/C18H16ClNO3/c1-11-3-5-14-12(10-23-17(14)7-11)8-18(21)20-13-4-6-16(22-2)15(19)9-13/h3-7,9-10H,8H2,1-2H3,(H,20,21). The first kappa shape index (κ1) is 15.4. The highest BCUT2D eigenvalue weighted by molar-refractivity contribution is 6.32. The van der Waals surface area contributed by atoms with E-state index in [-0.39, 0.29) is 12.3 Å². The van der Waals surface area contributed by atoms with Crippen LogP contribution in [0.5, 0.6) is 5.75 Å². The Bertz CT molecular complexity index is 870. The van der Waals surface area contributed by atoms with Crippen LogP contribution in [-0.2, 0) is 11.2 Å². The first-order chi connectivity index (χ1) is 11.1. The fraction of sp³-hybridized carbons (Fsp3) is 0.167. The van der Waals surface area contributed by atoms with E-state index < -0.39 is 0 Å². The largest absolute Gasteiger partial charge is 0.495 e. The van der Waals surface area contributed by atoms with Gasteiger partial charge < -0.3 is 14.5 Å². The third-order valence-electron chi connectivity index (χ3n) is 3.60. The molecule has 0 saturated carbocycles. The van der Waals surface area contributed by atoms with Crippen LogP contribution < -0.4 is 10.1 Å². The summed E-state index contributed by atoms with van der Waals surface area (Å²) in [5.74, 6) is 0.440. The molecule has 118 valence electrons. The molecule has 1 heterocycles. The summed E-state index contributed by atoms with van der Waals surface area (Å²) in [6.07, 6.45) is 1.87. The second kappa shape index (κ2) is 6.34. The van der Waals surface area contributed by atoms with Crippen LogP contribution in [0.15, 0.2) is 47.1 Å². The van der Waals surface area contributed by atoms with Gasteiger partial charge in [-0.15, -0.1) is 0 Å². The Balaban J connectivity index is 1.75. The molecule has 3 aromatic rings. The van der Waals surface area contributed by atoms with Crippen molar-refractivity contribution in [2.75, 3.05) is 12.4 Å². The van der Waals surface area contributed by atoms with Crippen molar-refractivity contribution in [1.82, 2.24) is 0 Å². The summed E-state index contributed by atoms with van der Waals surface area (Å²) in [6, 6.07) is 11.1. The van der Waals surface area contributed by atoms with Crippen LogP contribution in [0.1, 0.15) is 11.1 Å². The number of hydrogen-bond acceptors (Lipinski definition) is 3. The van der Waals surface area contributed by atoms with E-state index in [1.54, 1.807) is 31.6 Å². The molecule has 0 unspecified atom stereocenters. The lowest BCUT2D eigenvalue weighted by molar-refractivity contribution is -0.115. The number of carbonyl (C=O) groups is 1. The van der Waals surface area contributed by atoms with Gasteiger partial charge in [0.1, 0.15) is 11.3 Å². The second-order valence-corrected chi connectivity index (χ2v) is 5.74. The average molecular weight is 330 g/mol. The average Bonchev–Trinajstić information content (AvgIpc) is 2.89. The van der Waals surface area contributed by atoms with Crippen LogP contribution in [0.2, 0.25) is 5.02 Å². The SMILES string of the molecule is COc1ccc(NC(=O)Cc2coc3cc(C)ccc23)cc1Cl. The molecule has 0 radical (unpaired) electrons. The fourth-order valence-electron chi connectivity index (χ4n) is 2.45. The summed E-state index contributed by atoms with van der Waals surface area (Å²) < 4.78 is 10.6. The van der Waals surface area contributed by atoms with Gasteiger partial charge in [0.2, 0.25) is 5.91 Å². The highest BCUT2D eigenvalue weighted by Crippen LogP contribution is 2.27. The van der Waals surface area contributed by atoms with E-state index in [1.165, 1.54) is 0 Å². The molecule has 0 saturated heterocycles. The van der Waals surface area contributed by atoms with Crippen LogP contribution in [0.3, 0.4) is 0 Å². The topological polar surface area (TPSA) is 51.5 Å². The normalized spacial score (nSPS) is 10.7. The van der Waals surface area contributed by atoms with E-state index in [2.05, 4.69) is 5.32 Å². The van der Waals surface area contributed by atoms with Crippen molar-refractivity contribution in [2.45, 2.75) is 13.3 Å². The van der Waals surface area contributed by atoms with Gasteiger partial charge in [-0.25, -0.2) is 0 Å². The van der Waals surface area contributed by atoms with Gasteiger partial charge in [-0.05, 0) is 36.8 Å². The van der Waals surface area contributed by atoms with Gasteiger partial charge >= 0.3 is 0 Å². The fourth-order valence-corrected chi connectivity index (χ4v) is 2.71. The molecule has 1 amide bonds. The van der Waals surface area contributed by atoms with Crippen molar-refractivity contribution in [3.63, 3.8) is 0 Å². The summed E-state index contributed by atoms with van der Waals surface area (Å²) in [6.45, 7) is 2.00. The van der Waals surface area contributed by atoms with Gasteiger partial charge in [0.15, 0.2) is 0 Å². The van der Waals surface area contributed by atoms with Gasteiger partial charge in [-0.3, -0.25) is 4.79 Å². The Morgan fingerprint density at radius 2 is 2.09 bits per heavy atom. The van der Waals surface area contributed by atoms with E-state index in [4.69, 9.17) is 20.8 Å². The Morgan fingerprint density at radius 1 is 1.26 bits per heavy atom. The minimum Gasteiger partial charge on any atom is -0.495 e. The number of fused-ring (bicyclic) bond motifs is 1. The third kappa shape index (κ3) is 3.32. The molecule has 1 N–H and O–H groups in total. The van der Waals surface area contributed by atoms with Crippen molar-refractivity contribution in [3.05, 3.63) is 58.8 Å². The molecule has 1 aromatic heterocycles. The number of furan rings is 1. The molecule has 5 heteroatoms. The Morgan fingerprint density at radius 3 is 2.83 bits per heavy atom. The molecular weight excluding hydrogens is 314 g/mol. The monoisotopic (exact) mass is 329 g/mol. The zero-order valence-corrected chi connectivity index (χ0v) is 13.6.